The Hall–Kier alpha value is -3.12. The largest absolute Gasteiger partial charge is 0.490 e. The van der Waals surface area contributed by atoms with Crippen LogP contribution in [-0.2, 0) is 6.54 Å². The van der Waals surface area contributed by atoms with Gasteiger partial charge in [-0.15, -0.1) is 0 Å². The number of carbonyl (C=O) groups is 1. The van der Waals surface area contributed by atoms with E-state index in [4.69, 9.17) is 4.74 Å². The van der Waals surface area contributed by atoms with E-state index >= 15 is 0 Å². The summed E-state index contributed by atoms with van der Waals surface area (Å²) >= 11 is 0. The molecule has 0 saturated carbocycles. The normalized spacial score (nSPS) is 17.6. The molecule has 166 valence electrons. The molecule has 32 heavy (non-hydrogen) atoms. The second-order valence-electron chi connectivity index (χ2n) is 8.74. The van der Waals surface area contributed by atoms with Crippen molar-refractivity contribution >= 4 is 5.91 Å². The lowest BCUT2D eigenvalue weighted by Crippen LogP contribution is -2.37. The molecule has 3 aromatic rings. The minimum Gasteiger partial charge on any atom is -0.490 e. The first-order valence-electron chi connectivity index (χ1n) is 11.6. The number of benzene rings is 2. The second-order valence-corrected chi connectivity index (χ2v) is 8.74. The van der Waals surface area contributed by atoms with Crippen LogP contribution in [0.1, 0.15) is 41.6 Å². The van der Waals surface area contributed by atoms with Crippen LogP contribution in [0.4, 0.5) is 0 Å². The molecule has 1 amide bonds. The molecule has 0 unspecified atom stereocenters. The number of hydrogen-bond acceptors (Lipinski definition) is 4. The van der Waals surface area contributed by atoms with Gasteiger partial charge in [0.15, 0.2) is 0 Å². The van der Waals surface area contributed by atoms with Crippen molar-refractivity contribution in [3.05, 3.63) is 78.1 Å². The lowest BCUT2D eigenvalue weighted by Gasteiger charge is -2.32. The number of amides is 1. The van der Waals surface area contributed by atoms with Crippen molar-refractivity contribution in [2.24, 2.45) is 0 Å². The molecule has 0 N–H and O–H groups in total. The van der Waals surface area contributed by atoms with Gasteiger partial charge in [0.25, 0.3) is 5.91 Å². The highest BCUT2D eigenvalue weighted by molar-refractivity contribution is 5.94. The smallest absolute Gasteiger partial charge is 0.253 e. The van der Waals surface area contributed by atoms with Gasteiger partial charge in [0.2, 0.25) is 0 Å². The Morgan fingerprint density at radius 1 is 0.969 bits per heavy atom. The summed E-state index contributed by atoms with van der Waals surface area (Å²) in [5, 5.41) is 4.32. The summed E-state index contributed by atoms with van der Waals surface area (Å²) in [5.74, 6) is 0.993. The highest BCUT2D eigenvalue weighted by atomic mass is 16.5. The van der Waals surface area contributed by atoms with Gasteiger partial charge < -0.3 is 9.64 Å². The van der Waals surface area contributed by atoms with Crippen molar-refractivity contribution in [1.29, 1.82) is 0 Å². The zero-order valence-electron chi connectivity index (χ0n) is 18.4. The van der Waals surface area contributed by atoms with Gasteiger partial charge in [-0.25, -0.2) is 4.68 Å². The van der Waals surface area contributed by atoms with Crippen LogP contribution in [0.3, 0.4) is 0 Å². The van der Waals surface area contributed by atoms with Crippen LogP contribution in [0.25, 0.3) is 5.69 Å². The van der Waals surface area contributed by atoms with E-state index in [1.54, 1.807) is 6.20 Å². The molecule has 1 aromatic heterocycles. The van der Waals surface area contributed by atoms with E-state index in [0.29, 0.717) is 0 Å². The molecular formula is C26H30N4O2. The molecule has 6 heteroatoms. The average Bonchev–Trinajstić information content (AvgIpc) is 3.55. The van der Waals surface area contributed by atoms with E-state index in [0.717, 1.165) is 75.4 Å². The van der Waals surface area contributed by atoms with Crippen molar-refractivity contribution in [1.82, 2.24) is 19.6 Å². The quantitative estimate of drug-likeness (QED) is 0.590. The van der Waals surface area contributed by atoms with Crippen molar-refractivity contribution in [3.8, 4) is 11.4 Å². The number of carbonyl (C=O) groups excluding carboxylic acids is 1. The SMILES string of the molecule is O=C(c1ccc(OC2CCN(Cc3cccc(-n4cccn4)c3)CC2)cc1)N1CCCC1. The molecule has 2 saturated heterocycles. The zero-order valence-corrected chi connectivity index (χ0v) is 18.4. The van der Waals surface area contributed by atoms with Crippen molar-refractivity contribution in [3.63, 3.8) is 0 Å². The third-order valence-electron chi connectivity index (χ3n) is 6.42. The molecule has 0 spiro atoms. The number of ether oxygens (including phenoxy) is 1. The minimum atomic E-state index is 0.138. The summed E-state index contributed by atoms with van der Waals surface area (Å²) < 4.78 is 8.12. The maximum atomic E-state index is 12.5. The summed E-state index contributed by atoms with van der Waals surface area (Å²) in [4.78, 5) is 16.9. The molecule has 2 aliphatic heterocycles. The summed E-state index contributed by atoms with van der Waals surface area (Å²) in [6, 6.07) is 18.2. The lowest BCUT2D eigenvalue weighted by atomic mass is 10.1. The first-order chi connectivity index (χ1) is 15.7. The summed E-state index contributed by atoms with van der Waals surface area (Å²) in [6.07, 6.45) is 8.23. The fraction of sp³-hybridized carbons (Fsp3) is 0.385. The van der Waals surface area contributed by atoms with Gasteiger partial charge >= 0.3 is 0 Å². The topological polar surface area (TPSA) is 50.6 Å². The van der Waals surface area contributed by atoms with Gasteiger partial charge in [-0.1, -0.05) is 12.1 Å². The number of rotatable bonds is 6. The molecule has 5 rings (SSSR count). The van der Waals surface area contributed by atoms with Crippen LogP contribution in [0.2, 0.25) is 0 Å². The van der Waals surface area contributed by atoms with E-state index in [1.165, 1.54) is 5.56 Å². The lowest BCUT2D eigenvalue weighted by molar-refractivity contribution is 0.0792. The van der Waals surface area contributed by atoms with Crippen molar-refractivity contribution in [2.45, 2.75) is 38.3 Å². The molecule has 2 aromatic carbocycles. The fourth-order valence-corrected chi connectivity index (χ4v) is 4.63. The van der Waals surface area contributed by atoms with E-state index in [1.807, 2.05) is 46.1 Å². The van der Waals surface area contributed by atoms with Gasteiger partial charge in [0, 0.05) is 50.7 Å². The van der Waals surface area contributed by atoms with E-state index in [-0.39, 0.29) is 12.0 Å². The molecule has 0 aliphatic carbocycles. The van der Waals surface area contributed by atoms with Gasteiger partial charge in [-0.2, -0.15) is 5.10 Å². The summed E-state index contributed by atoms with van der Waals surface area (Å²) in [5.41, 5.74) is 3.15. The Balaban J connectivity index is 1.11. The van der Waals surface area contributed by atoms with Crippen LogP contribution >= 0.6 is 0 Å². The highest BCUT2D eigenvalue weighted by Crippen LogP contribution is 2.22. The number of aromatic nitrogens is 2. The summed E-state index contributed by atoms with van der Waals surface area (Å²) in [6.45, 7) is 4.73. The Kier molecular flexibility index (Phi) is 6.21. The minimum absolute atomic E-state index is 0.138. The third kappa shape index (κ3) is 4.86. The van der Waals surface area contributed by atoms with Crippen LogP contribution in [0.5, 0.6) is 5.75 Å². The monoisotopic (exact) mass is 430 g/mol. The Morgan fingerprint density at radius 3 is 2.47 bits per heavy atom. The predicted molar refractivity (Wildman–Crippen MR) is 124 cm³/mol. The molecule has 2 fully saturated rings. The second kappa shape index (κ2) is 9.57. The van der Waals surface area contributed by atoms with Crippen molar-refractivity contribution in [2.75, 3.05) is 26.2 Å². The van der Waals surface area contributed by atoms with Gasteiger partial charge in [-0.3, -0.25) is 9.69 Å². The first-order valence-corrected chi connectivity index (χ1v) is 11.6. The molecule has 2 aliphatic rings. The van der Waals surface area contributed by atoms with E-state index < -0.39 is 0 Å². The molecule has 3 heterocycles. The van der Waals surface area contributed by atoms with Crippen LogP contribution < -0.4 is 4.74 Å². The average molecular weight is 431 g/mol. The standard InChI is InChI=1S/C26H30N4O2/c31-26(29-14-1-2-15-29)22-7-9-24(10-8-22)32-25-11-17-28(18-12-25)20-21-5-3-6-23(19-21)30-16-4-13-27-30/h3-10,13,16,19,25H,1-2,11-12,14-15,17-18,20H2. The number of piperidine rings is 1. The van der Waals surface area contributed by atoms with E-state index in [9.17, 15) is 4.79 Å². The maximum absolute atomic E-state index is 12.5. The Bertz CT molecular complexity index is 1020. The van der Waals surface area contributed by atoms with Crippen molar-refractivity contribution < 1.29 is 9.53 Å². The molecule has 0 radical (unpaired) electrons. The molecule has 0 bridgehead atoms. The molecule has 6 nitrogen and oxygen atoms in total. The zero-order chi connectivity index (χ0) is 21.8. The van der Waals surface area contributed by atoms with Crippen LogP contribution in [0.15, 0.2) is 67.0 Å². The van der Waals surface area contributed by atoms with Gasteiger partial charge in [0.1, 0.15) is 11.9 Å². The molecule has 0 atom stereocenters. The highest BCUT2D eigenvalue weighted by Gasteiger charge is 2.22. The summed E-state index contributed by atoms with van der Waals surface area (Å²) in [7, 11) is 0. The van der Waals surface area contributed by atoms with Gasteiger partial charge in [0.05, 0.1) is 5.69 Å². The first kappa shape index (κ1) is 20.8. The molecular weight excluding hydrogens is 400 g/mol. The number of likely N-dealkylation sites (tertiary alicyclic amines) is 2. The Labute approximate surface area is 189 Å². The Morgan fingerprint density at radius 2 is 1.75 bits per heavy atom. The predicted octanol–water partition coefficient (Wildman–Crippen LogP) is 4.15. The fourth-order valence-electron chi connectivity index (χ4n) is 4.63. The maximum Gasteiger partial charge on any atom is 0.253 e. The van der Waals surface area contributed by atoms with Gasteiger partial charge in [-0.05, 0) is 73.7 Å². The van der Waals surface area contributed by atoms with Crippen LogP contribution in [0, 0.1) is 0 Å². The number of hydrogen-bond donors (Lipinski definition) is 0. The van der Waals surface area contributed by atoms with Crippen LogP contribution in [-0.4, -0.2) is 57.8 Å². The number of nitrogens with zero attached hydrogens (tertiary/aromatic N) is 4. The third-order valence-corrected chi connectivity index (χ3v) is 6.42. The van der Waals surface area contributed by atoms with E-state index in [2.05, 4.69) is 34.3 Å².